The van der Waals surface area contributed by atoms with Crippen LogP contribution in [0.4, 0.5) is 0 Å². The fourth-order valence-electron chi connectivity index (χ4n) is 2.28. The number of hydrogen-bond donors (Lipinski definition) is 1. The van der Waals surface area contributed by atoms with E-state index in [9.17, 15) is 0 Å². The van der Waals surface area contributed by atoms with Crippen LogP contribution in [0.2, 0.25) is 0 Å². The smallest absolute Gasteiger partial charge is 0.0587 e. The quantitative estimate of drug-likeness (QED) is 0.835. The first kappa shape index (κ1) is 14.0. The molecular formula is C15H22BrNO. The Balaban J connectivity index is 1.66. The summed E-state index contributed by atoms with van der Waals surface area (Å²) >= 11 is 3.57. The van der Waals surface area contributed by atoms with E-state index in [1.54, 1.807) is 0 Å². The molecule has 0 radical (unpaired) electrons. The Labute approximate surface area is 118 Å². The predicted molar refractivity (Wildman–Crippen MR) is 78.8 cm³/mol. The Morgan fingerprint density at radius 3 is 3.00 bits per heavy atom. The van der Waals surface area contributed by atoms with E-state index < -0.39 is 0 Å². The maximum atomic E-state index is 5.72. The summed E-state index contributed by atoms with van der Waals surface area (Å²) in [4.78, 5) is 0. The molecule has 2 nitrogen and oxygen atoms in total. The Morgan fingerprint density at radius 1 is 1.39 bits per heavy atom. The van der Waals surface area contributed by atoms with E-state index >= 15 is 0 Å². The maximum Gasteiger partial charge on any atom is 0.0587 e. The van der Waals surface area contributed by atoms with Crippen molar-refractivity contribution in [1.82, 2.24) is 5.32 Å². The van der Waals surface area contributed by atoms with Crippen LogP contribution in [0.15, 0.2) is 22.7 Å². The van der Waals surface area contributed by atoms with Gasteiger partial charge < -0.3 is 10.1 Å². The normalized spacial score (nSPS) is 20.0. The molecule has 1 fully saturated rings. The van der Waals surface area contributed by atoms with Gasteiger partial charge in [0.05, 0.1) is 6.10 Å². The van der Waals surface area contributed by atoms with Crippen LogP contribution < -0.4 is 5.32 Å². The lowest BCUT2D eigenvalue weighted by Gasteiger charge is -2.22. The van der Waals surface area contributed by atoms with Crippen LogP contribution in [0.25, 0.3) is 0 Å². The molecule has 1 heterocycles. The van der Waals surface area contributed by atoms with Crippen LogP contribution in [0.1, 0.15) is 36.8 Å². The third-order valence-corrected chi connectivity index (χ3v) is 4.34. The van der Waals surface area contributed by atoms with Crippen molar-refractivity contribution in [3.05, 3.63) is 33.8 Å². The van der Waals surface area contributed by atoms with E-state index in [-0.39, 0.29) is 0 Å². The average Bonchev–Trinajstić information content (AvgIpc) is 2.40. The lowest BCUT2D eigenvalue weighted by atomic mass is 10.1. The zero-order valence-corrected chi connectivity index (χ0v) is 12.6. The van der Waals surface area contributed by atoms with E-state index in [1.165, 1.54) is 34.9 Å². The summed E-state index contributed by atoms with van der Waals surface area (Å²) in [6.45, 7) is 5.04. The largest absolute Gasteiger partial charge is 0.378 e. The Hall–Kier alpha value is -0.380. The Morgan fingerprint density at radius 2 is 2.28 bits per heavy atom. The van der Waals surface area contributed by atoms with Gasteiger partial charge in [0.2, 0.25) is 0 Å². The van der Waals surface area contributed by atoms with Gasteiger partial charge in [0, 0.05) is 17.6 Å². The molecule has 1 aliphatic heterocycles. The molecule has 1 unspecified atom stereocenters. The number of nitrogens with one attached hydrogen (secondary N) is 1. The molecule has 0 amide bonds. The minimum Gasteiger partial charge on any atom is -0.378 e. The summed E-state index contributed by atoms with van der Waals surface area (Å²) in [5.41, 5.74) is 2.62. The number of hydrogen-bond acceptors (Lipinski definition) is 2. The Kier molecular flexibility index (Phi) is 5.67. The van der Waals surface area contributed by atoms with Crippen molar-refractivity contribution in [2.24, 2.45) is 0 Å². The minimum atomic E-state index is 0.482. The molecule has 3 heteroatoms. The molecule has 1 aromatic carbocycles. The van der Waals surface area contributed by atoms with Crippen molar-refractivity contribution < 1.29 is 4.74 Å². The molecular weight excluding hydrogens is 290 g/mol. The second-order valence-corrected chi connectivity index (χ2v) is 5.89. The molecule has 1 aliphatic rings. The summed E-state index contributed by atoms with van der Waals surface area (Å²) in [6, 6.07) is 6.54. The fourth-order valence-corrected chi connectivity index (χ4v) is 2.70. The van der Waals surface area contributed by atoms with Gasteiger partial charge in [0.1, 0.15) is 0 Å². The standard InChI is InChI=1S/C15H22BrNO/c1-12-5-6-13(10-15(12)16)11-17-8-7-14-4-2-3-9-18-14/h5-6,10,14,17H,2-4,7-9,11H2,1H3. The van der Waals surface area contributed by atoms with Crippen LogP contribution in [0.3, 0.4) is 0 Å². The first-order valence-corrected chi connectivity index (χ1v) is 7.62. The average molecular weight is 312 g/mol. The molecule has 100 valence electrons. The second kappa shape index (κ2) is 7.27. The van der Waals surface area contributed by atoms with Gasteiger partial charge in [-0.05, 0) is 56.3 Å². The van der Waals surface area contributed by atoms with Crippen molar-refractivity contribution in [1.29, 1.82) is 0 Å². The van der Waals surface area contributed by atoms with Crippen molar-refractivity contribution >= 4 is 15.9 Å². The maximum absolute atomic E-state index is 5.72. The van der Waals surface area contributed by atoms with Gasteiger partial charge in [-0.3, -0.25) is 0 Å². The minimum absolute atomic E-state index is 0.482. The number of rotatable bonds is 5. The topological polar surface area (TPSA) is 21.3 Å². The van der Waals surface area contributed by atoms with E-state index in [4.69, 9.17) is 4.74 Å². The van der Waals surface area contributed by atoms with Crippen LogP contribution in [-0.4, -0.2) is 19.3 Å². The highest BCUT2D eigenvalue weighted by Crippen LogP contribution is 2.18. The Bertz CT molecular complexity index is 375. The third kappa shape index (κ3) is 4.38. The predicted octanol–water partition coefficient (Wildman–Crippen LogP) is 3.81. The zero-order valence-electron chi connectivity index (χ0n) is 11.0. The van der Waals surface area contributed by atoms with E-state index in [1.807, 2.05) is 0 Å². The first-order valence-electron chi connectivity index (χ1n) is 6.83. The SMILES string of the molecule is Cc1ccc(CNCCC2CCCCO2)cc1Br. The zero-order chi connectivity index (χ0) is 12.8. The summed E-state index contributed by atoms with van der Waals surface area (Å²) in [6.07, 6.45) is 5.41. The van der Waals surface area contributed by atoms with Crippen molar-refractivity contribution in [2.75, 3.05) is 13.2 Å². The van der Waals surface area contributed by atoms with Crippen molar-refractivity contribution in [3.63, 3.8) is 0 Å². The first-order chi connectivity index (χ1) is 8.75. The fraction of sp³-hybridized carbons (Fsp3) is 0.600. The monoisotopic (exact) mass is 311 g/mol. The van der Waals surface area contributed by atoms with E-state index in [0.717, 1.165) is 26.1 Å². The van der Waals surface area contributed by atoms with Gasteiger partial charge in [-0.25, -0.2) is 0 Å². The summed E-state index contributed by atoms with van der Waals surface area (Å²) in [7, 11) is 0. The van der Waals surface area contributed by atoms with Crippen LogP contribution >= 0.6 is 15.9 Å². The molecule has 1 saturated heterocycles. The molecule has 1 aromatic rings. The van der Waals surface area contributed by atoms with Gasteiger partial charge in [-0.2, -0.15) is 0 Å². The van der Waals surface area contributed by atoms with Gasteiger partial charge in [-0.15, -0.1) is 0 Å². The highest BCUT2D eigenvalue weighted by molar-refractivity contribution is 9.10. The number of aryl methyl sites for hydroxylation is 1. The second-order valence-electron chi connectivity index (χ2n) is 5.04. The lowest BCUT2D eigenvalue weighted by molar-refractivity contribution is 0.0115. The summed E-state index contributed by atoms with van der Waals surface area (Å²) < 4.78 is 6.91. The van der Waals surface area contributed by atoms with Crippen LogP contribution in [-0.2, 0) is 11.3 Å². The summed E-state index contributed by atoms with van der Waals surface area (Å²) in [5.74, 6) is 0. The molecule has 1 atom stereocenters. The molecule has 0 saturated carbocycles. The van der Waals surface area contributed by atoms with Crippen LogP contribution in [0, 0.1) is 6.92 Å². The van der Waals surface area contributed by atoms with E-state index in [0.29, 0.717) is 6.10 Å². The lowest BCUT2D eigenvalue weighted by Crippen LogP contribution is -2.25. The highest BCUT2D eigenvalue weighted by Gasteiger charge is 2.12. The van der Waals surface area contributed by atoms with Gasteiger partial charge in [0.25, 0.3) is 0 Å². The highest BCUT2D eigenvalue weighted by atomic mass is 79.9. The number of ether oxygens (including phenoxy) is 1. The molecule has 0 spiro atoms. The van der Waals surface area contributed by atoms with Gasteiger partial charge in [-0.1, -0.05) is 28.1 Å². The van der Waals surface area contributed by atoms with Crippen LogP contribution in [0.5, 0.6) is 0 Å². The van der Waals surface area contributed by atoms with E-state index in [2.05, 4.69) is 46.4 Å². The van der Waals surface area contributed by atoms with Crippen molar-refractivity contribution in [3.8, 4) is 0 Å². The van der Waals surface area contributed by atoms with Gasteiger partial charge >= 0.3 is 0 Å². The molecule has 18 heavy (non-hydrogen) atoms. The third-order valence-electron chi connectivity index (χ3n) is 3.48. The molecule has 0 aliphatic carbocycles. The van der Waals surface area contributed by atoms with Crippen molar-refractivity contribution in [2.45, 2.75) is 45.3 Å². The molecule has 0 aromatic heterocycles. The summed E-state index contributed by atoms with van der Waals surface area (Å²) in [5, 5.41) is 3.49. The number of benzene rings is 1. The molecule has 1 N–H and O–H groups in total. The van der Waals surface area contributed by atoms with Gasteiger partial charge in [0.15, 0.2) is 0 Å². The molecule has 2 rings (SSSR count). The number of halogens is 1. The molecule has 0 bridgehead atoms.